The second kappa shape index (κ2) is 8.12. The third kappa shape index (κ3) is 3.97. The van der Waals surface area contributed by atoms with Gasteiger partial charge in [-0.1, -0.05) is 12.1 Å². The summed E-state index contributed by atoms with van der Waals surface area (Å²) >= 11 is 0. The van der Waals surface area contributed by atoms with Crippen LogP contribution in [0.25, 0.3) is 11.0 Å². The minimum atomic E-state index is -0.235. The molecule has 1 fully saturated rings. The maximum atomic E-state index is 13.5. The van der Waals surface area contributed by atoms with Crippen LogP contribution in [-0.4, -0.2) is 40.8 Å². The molecule has 0 unspecified atom stereocenters. The van der Waals surface area contributed by atoms with Gasteiger partial charge in [0, 0.05) is 48.8 Å². The molecule has 7 heteroatoms. The molecule has 6 nitrogen and oxygen atoms in total. The van der Waals surface area contributed by atoms with Crippen LogP contribution in [0, 0.1) is 5.82 Å². The number of nitrogens with one attached hydrogen (secondary N) is 1. The Morgan fingerprint density at radius 1 is 1.03 bits per heavy atom. The predicted octanol–water partition coefficient (Wildman–Crippen LogP) is 4.20. The summed E-state index contributed by atoms with van der Waals surface area (Å²) in [6, 6.07) is 16.8. The van der Waals surface area contributed by atoms with E-state index in [1.165, 1.54) is 11.8 Å². The van der Waals surface area contributed by atoms with E-state index in [1.54, 1.807) is 18.3 Å². The van der Waals surface area contributed by atoms with Gasteiger partial charge in [0.25, 0.3) is 0 Å². The summed E-state index contributed by atoms with van der Waals surface area (Å²) in [5.74, 6) is 0.294. The van der Waals surface area contributed by atoms with Crippen molar-refractivity contribution in [1.82, 2.24) is 14.5 Å². The number of fused-ring (bicyclic) bond motifs is 1. The molecule has 5 rings (SSSR count). The molecule has 0 amide bonds. The summed E-state index contributed by atoms with van der Waals surface area (Å²) < 4.78 is 20.9. The number of halogens is 1. The predicted molar refractivity (Wildman–Crippen MR) is 116 cm³/mol. The van der Waals surface area contributed by atoms with Crippen molar-refractivity contribution < 1.29 is 9.13 Å². The highest BCUT2D eigenvalue weighted by Gasteiger charge is 2.11. The molecule has 2 aromatic carbocycles. The summed E-state index contributed by atoms with van der Waals surface area (Å²) in [4.78, 5) is 11.4. The maximum Gasteiger partial charge on any atom is 0.229 e. The number of aromatic nitrogens is 3. The molecule has 0 saturated carbocycles. The molecular weight excluding hydrogens is 381 g/mol. The summed E-state index contributed by atoms with van der Waals surface area (Å²) in [5.41, 5.74) is 3.81. The zero-order valence-electron chi connectivity index (χ0n) is 16.5. The molecule has 0 aliphatic carbocycles. The van der Waals surface area contributed by atoms with Crippen LogP contribution in [0.4, 0.5) is 21.7 Å². The number of anilines is 3. The van der Waals surface area contributed by atoms with Crippen molar-refractivity contribution in [2.75, 3.05) is 36.5 Å². The van der Waals surface area contributed by atoms with Gasteiger partial charge in [0.1, 0.15) is 11.5 Å². The number of hydrogen-bond donors (Lipinski definition) is 1. The van der Waals surface area contributed by atoms with Crippen LogP contribution in [0.5, 0.6) is 0 Å². The summed E-state index contributed by atoms with van der Waals surface area (Å²) in [6.07, 6.45) is 3.75. The van der Waals surface area contributed by atoms with Crippen LogP contribution in [-0.2, 0) is 11.3 Å². The molecule has 1 N–H and O–H groups in total. The van der Waals surface area contributed by atoms with E-state index in [0.717, 1.165) is 48.6 Å². The lowest BCUT2D eigenvalue weighted by atomic mass is 10.2. The number of hydrogen-bond acceptors (Lipinski definition) is 5. The zero-order valence-corrected chi connectivity index (χ0v) is 16.5. The third-order valence-electron chi connectivity index (χ3n) is 5.24. The Morgan fingerprint density at radius 3 is 2.67 bits per heavy atom. The van der Waals surface area contributed by atoms with Crippen molar-refractivity contribution in [1.29, 1.82) is 0 Å². The molecule has 3 heterocycles. The van der Waals surface area contributed by atoms with E-state index < -0.39 is 0 Å². The van der Waals surface area contributed by atoms with Crippen LogP contribution in [0.15, 0.2) is 67.0 Å². The van der Waals surface area contributed by atoms with E-state index in [4.69, 9.17) is 4.74 Å². The molecule has 4 aromatic rings. The minimum absolute atomic E-state index is 0.235. The number of rotatable bonds is 5. The van der Waals surface area contributed by atoms with Crippen LogP contribution in [0.1, 0.15) is 5.56 Å². The molecule has 30 heavy (non-hydrogen) atoms. The van der Waals surface area contributed by atoms with Gasteiger partial charge in [0.2, 0.25) is 5.95 Å². The molecule has 1 aliphatic rings. The van der Waals surface area contributed by atoms with Crippen molar-refractivity contribution in [2.24, 2.45) is 0 Å². The first-order chi connectivity index (χ1) is 14.7. The van der Waals surface area contributed by atoms with E-state index in [0.29, 0.717) is 12.5 Å². The smallest absolute Gasteiger partial charge is 0.229 e. The first-order valence-corrected chi connectivity index (χ1v) is 10.0. The van der Waals surface area contributed by atoms with Crippen LogP contribution in [0.3, 0.4) is 0 Å². The highest BCUT2D eigenvalue weighted by atomic mass is 19.1. The Labute approximate surface area is 173 Å². The van der Waals surface area contributed by atoms with Crippen LogP contribution >= 0.6 is 0 Å². The first-order valence-electron chi connectivity index (χ1n) is 10.0. The van der Waals surface area contributed by atoms with E-state index in [-0.39, 0.29) is 5.82 Å². The number of morpholine rings is 1. The summed E-state index contributed by atoms with van der Waals surface area (Å²) in [7, 11) is 0. The Morgan fingerprint density at radius 2 is 1.87 bits per heavy atom. The Balaban J connectivity index is 1.34. The van der Waals surface area contributed by atoms with Crippen molar-refractivity contribution in [3.05, 3.63) is 78.4 Å². The topological polar surface area (TPSA) is 55.2 Å². The molecule has 0 atom stereocenters. The normalized spacial score (nSPS) is 14.2. The van der Waals surface area contributed by atoms with Gasteiger partial charge in [-0.05, 0) is 48.0 Å². The van der Waals surface area contributed by atoms with Gasteiger partial charge < -0.3 is 19.5 Å². The molecule has 2 aromatic heterocycles. The minimum Gasteiger partial charge on any atom is -0.378 e. The Hall–Kier alpha value is -3.45. The average Bonchev–Trinajstić information content (AvgIpc) is 3.17. The third-order valence-corrected chi connectivity index (χ3v) is 5.24. The molecule has 0 radical (unpaired) electrons. The molecule has 152 valence electrons. The fourth-order valence-corrected chi connectivity index (χ4v) is 3.70. The molecule has 1 aliphatic heterocycles. The van der Waals surface area contributed by atoms with E-state index >= 15 is 0 Å². The number of benzene rings is 2. The lowest BCUT2D eigenvalue weighted by Crippen LogP contribution is -2.36. The van der Waals surface area contributed by atoms with E-state index in [2.05, 4.69) is 32.3 Å². The van der Waals surface area contributed by atoms with Gasteiger partial charge in [-0.3, -0.25) is 0 Å². The first kappa shape index (κ1) is 18.6. The van der Waals surface area contributed by atoms with Crippen molar-refractivity contribution in [2.45, 2.75) is 6.54 Å². The van der Waals surface area contributed by atoms with Crippen LogP contribution in [0.2, 0.25) is 0 Å². The fourth-order valence-electron chi connectivity index (χ4n) is 3.70. The largest absolute Gasteiger partial charge is 0.378 e. The summed E-state index contributed by atoms with van der Waals surface area (Å²) in [5, 5.41) is 4.22. The highest BCUT2D eigenvalue weighted by molar-refractivity contribution is 5.77. The van der Waals surface area contributed by atoms with Crippen molar-refractivity contribution in [3.8, 4) is 0 Å². The van der Waals surface area contributed by atoms with Gasteiger partial charge >= 0.3 is 0 Å². The van der Waals surface area contributed by atoms with Gasteiger partial charge in [-0.15, -0.1) is 0 Å². The number of nitrogens with zero attached hydrogens (tertiary/aromatic N) is 4. The Bertz CT molecular complexity index is 1150. The van der Waals surface area contributed by atoms with Gasteiger partial charge in [0.15, 0.2) is 0 Å². The van der Waals surface area contributed by atoms with Crippen LogP contribution < -0.4 is 10.2 Å². The average molecular weight is 403 g/mol. The van der Waals surface area contributed by atoms with Gasteiger partial charge in [-0.25, -0.2) is 9.37 Å². The van der Waals surface area contributed by atoms with E-state index in [1.807, 2.05) is 35.0 Å². The lowest BCUT2D eigenvalue weighted by Gasteiger charge is -2.28. The van der Waals surface area contributed by atoms with Crippen molar-refractivity contribution in [3.63, 3.8) is 0 Å². The standard InChI is InChI=1S/C23H22FN5O/c24-19-3-1-2-17(14-19)16-29-9-8-18-15-25-23(27-22(18)29)26-20-4-6-21(7-5-20)28-10-12-30-13-11-28/h1-9,14-15H,10-13,16H2,(H,25,26,27). The molecule has 1 saturated heterocycles. The number of ether oxygens (including phenoxy) is 1. The second-order valence-electron chi connectivity index (χ2n) is 7.32. The van der Waals surface area contributed by atoms with Gasteiger partial charge in [-0.2, -0.15) is 4.98 Å². The van der Waals surface area contributed by atoms with Crippen molar-refractivity contribution >= 4 is 28.4 Å². The molecule has 0 spiro atoms. The Kier molecular flexibility index (Phi) is 5.03. The monoisotopic (exact) mass is 403 g/mol. The molecular formula is C23H22FN5O. The molecule has 0 bridgehead atoms. The maximum absolute atomic E-state index is 13.5. The second-order valence-corrected chi connectivity index (χ2v) is 7.32. The fraction of sp³-hybridized carbons (Fsp3) is 0.217. The lowest BCUT2D eigenvalue weighted by molar-refractivity contribution is 0.122. The van der Waals surface area contributed by atoms with E-state index in [9.17, 15) is 4.39 Å². The van der Waals surface area contributed by atoms with Gasteiger partial charge in [0.05, 0.1) is 13.2 Å². The highest BCUT2D eigenvalue weighted by Crippen LogP contribution is 2.22. The zero-order chi connectivity index (χ0) is 20.3. The quantitative estimate of drug-likeness (QED) is 0.541. The SMILES string of the molecule is Fc1cccc(Cn2ccc3cnc(Nc4ccc(N5CCOCC5)cc4)nc32)c1. The summed E-state index contributed by atoms with van der Waals surface area (Å²) in [6.45, 7) is 3.90.